The van der Waals surface area contributed by atoms with Gasteiger partial charge in [0.1, 0.15) is 6.17 Å². The molecule has 0 aromatic heterocycles. The Bertz CT molecular complexity index is 668. The Hall–Kier alpha value is -2.57. The number of hydrazine groups is 1. The average molecular weight is 308 g/mol. The van der Waals surface area contributed by atoms with Gasteiger partial charge in [-0.15, -0.1) is 5.11 Å². The standard InChI is InChI=1S/C17H20N6/c1-13-12-16(20-18-13)21-23-17(14-8-4-2-5-9-14)22-19-15-10-6-3-7-11-15/h2-11,13,16,18-20H,12H2,1H3/b22-17-,23-21?. The molecule has 0 spiro atoms. The lowest BCUT2D eigenvalue weighted by atomic mass is 10.2. The molecule has 6 heteroatoms. The maximum absolute atomic E-state index is 4.40. The SMILES string of the molecule is CC1CC(N=N/C(=N\Nc2ccccc2)c2ccccc2)NN1. The fourth-order valence-corrected chi connectivity index (χ4v) is 2.25. The molecule has 3 N–H and O–H groups in total. The third-order valence-electron chi connectivity index (χ3n) is 3.46. The maximum Gasteiger partial charge on any atom is 0.200 e. The first-order valence-electron chi connectivity index (χ1n) is 7.67. The van der Waals surface area contributed by atoms with E-state index in [0.29, 0.717) is 11.9 Å². The fourth-order valence-electron chi connectivity index (χ4n) is 2.25. The first-order chi connectivity index (χ1) is 11.3. The number of hydrogen-bond acceptors (Lipinski definition) is 5. The quantitative estimate of drug-likeness (QED) is 0.352. The molecular formula is C17H20N6. The molecule has 1 fully saturated rings. The number of amidine groups is 1. The van der Waals surface area contributed by atoms with Crippen molar-refractivity contribution >= 4 is 11.5 Å². The summed E-state index contributed by atoms with van der Waals surface area (Å²) in [5, 5.41) is 13.1. The smallest absolute Gasteiger partial charge is 0.200 e. The molecule has 1 heterocycles. The molecule has 0 radical (unpaired) electrons. The zero-order valence-electron chi connectivity index (χ0n) is 13.0. The third kappa shape index (κ3) is 4.45. The number of para-hydroxylation sites is 1. The normalized spacial score (nSPS) is 21.7. The van der Waals surface area contributed by atoms with Crippen LogP contribution < -0.4 is 16.3 Å². The number of hydrazone groups is 1. The van der Waals surface area contributed by atoms with Crippen LogP contribution in [0.25, 0.3) is 0 Å². The van der Waals surface area contributed by atoms with Gasteiger partial charge < -0.3 is 0 Å². The second kappa shape index (κ2) is 7.62. The van der Waals surface area contributed by atoms with Gasteiger partial charge in [-0.05, 0) is 19.1 Å². The largest absolute Gasteiger partial charge is 0.276 e. The number of azo groups is 1. The van der Waals surface area contributed by atoms with Crippen LogP contribution in [-0.4, -0.2) is 18.0 Å². The predicted octanol–water partition coefficient (Wildman–Crippen LogP) is 3.13. The topological polar surface area (TPSA) is 73.2 Å². The van der Waals surface area contributed by atoms with E-state index in [1.54, 1.807) is 0 Å². The fraction of sp³-hybridized carbons (Fsp3) is 0.235. The van der Waals surface area contributed by atoms with Crippen LogP contribution in [0.2, 0.25) is 0 Å². The van der Waals surface area contributed by atoms with E-state index in [0.717, 1.165) is 17.7 Å². The van der Waals surface area contributed by atoms with Gasteiger partial charge in [0.25, 0.3) is 0 Å². The Morgan fingerprint density at radius 3 is 2.35 bits per heavy atom. The van der Waals surface area contributed by atoms with Crippen molar-refractivity contribution in [1.29, 1.82) is 0 Å². The van der Waals surface area contributed by atoms with Crippen LogP contribution in [0, 0.1) is 0 Å². The van der Waals surface area contributed by atoms with Gasteiger partial charge in [-0.2, -0.15) is 10.2 Å². The number of rotatable bonds is 4. The first kappa shape index (κ1) is 15.3. The van der Waals surface area contributed by atoms with Crippen molar-refractivity contribution in [3.05, 3.63) is 66.2 Å². The number of benzene rings is 2. The molecule has 2 unspecified atom stereocenters. The average Bonchev–Trinajstić information content (AvgIpc) is 3.02. The minimum absolute atomic E-state index is 0.0318. The second-order valence-corrected chi connectivity index (χ2v) is 5.44. The van der Waals surface area contributed by atoms with Gasteiger partial charge in [0.05, 0.1) is 5.69 Å². The lowest BCUT2D eigenvalue weighted by Crippen LogP contribution is -2.31. The molecule has 6 nitrogen and oxygen atoms in total. The van der Waals surface area contributed by atoms with Crippen molar-refractivity contribution in [1.82, 2.24) is 10.9 Å². The summed E-state index contributed by atoms with van der Waals surface area (Å²) in [4.78, 5) is 0. The molecule has 1 saturated heterocycles. The molecule has 2 atom stereocenters. The molecule has 0 aliphatic carbocycles. The van der Waals surface area contributed by atoms with Gasteiger partial charge >= 0.3 is 0 Å². The van der Waals surface area contributed by atoms with Gasteiger partial charge in [0.2, 0.25) is 5.84 Å². The van der Waals surface area contributed by atoms with E-state index < -0.39 is 0 Å². The summed E-state index contributed by atoms with van der Waals surface area (Å²) in [5.41, 5.74) is 11.1. The highest BCUT2D eigenvalue weighted by atomic mass is 15.5. The van der Waals surface area contributed by atoms with E-state index in [-0.39, 0.29) is 6.17 Å². The van der Waals surface area contributed by atoms with Crippen LogP contribution >= 0.6 is 0 Å². The summed E-state index contributed by atoms with van der Waals surface area (Å²) >= 11 is 0. The minimum Gasteiger partial charge on any atom is -0.276 e. The monoisotopic (exact) mass is 308 g/mol. The highest BCUT2D eigenvalue weighted by Crippen LogP contribution is 2.10. The van der Waals surface area contributed by atoms with Gasteiger partial charge in [0.15, 0.2) is 0 Å². The van der Waals surface area contributed by atoms with Crippen molar-refractivity contribution in [3.8, 4) is 0 Å². The van der Waals surface area contributed by atoms with Crippen LogP contribution in [-0.2, 0) is 0 Å². The van der Waals surface area contributed by atoms with Gasteiger partial charge in [0, 0.05) is 18.0 Å². The predicted molar refractivity (Wildman–Crippen MR) is 92.0 cm³/mol. The molecule has 3 rings (SSSR count). The van der Waals surface area contributed by atoms with Crippen molar-refractivity contribution in [2.24, 2.45) is 15.3 Å². The summed E-state index contributed by atoms with van der Waals surface area (Å²) in [5.74, 6) is 0.552. The molecule has 0 saturated carbocycles. The Morgan fingerprint density at radius 1 is 1.00 bits per heavy atom. The van der Waals surface area contributed by atoms with E-state index in [1.165, 1.54) is 0 Å². The van der Waals surface area contributed by atoms with E-state index in [4.69, 9.17) is 0 Å². The second-order valence-electron chi connectivity index (χ2n) is 5.44. The van der Waals surface area contributed by atoms with Crippen molar-refractivity contribution in [3.63, 3.8) is 0 Å². The molecule has 23 heavy (non-hydrogen) atoms. The molecular weight excluding hydrogens is 288 g/mol. The number of nitrogens with one attached hydrogen (secondary N) is 3. The summed E-state index contributed by atoms with van der Waals surface area (Å²) in [6.45, 7) is 2.10. The van der Waals surface area contributed by atoms with Crippen LogP contribution in [0.3, 0.4) is 0 Å². The summed E-state index contributed by atoms with van der Waals surface area (Å²) < 4.78 is 0. The number of hydrogen-bond donors (Lipinski definition) is 3. The minimum atomic E-state index is -0.0318. The molecule has 1 aliphatic heterocycles. The van der Waals surface area contributed by atoms with E-state index >= 15 is 0 Å². The first-order valence-corrected chi connectivity index (χ1v) is 7.67. The summed E-state index contributed by atoms with van der Waals surface area (Å²) in [6, 6.07) is 20.0. The highest BCUT2D eigenvalue weighted by molar-refractivity contribution is 5.99. The Morgan fingerprint density at radius 2 is 1.70 bits per heavy atom. The van der Waals surface area contributed by atoms with E-state index in [9.17, 15) is 0 Å². The van der Waals surface area contributed by atoms with Crippen LogP contribution in [0.15, 0.2) is 76.0 Å². The molecule has 1 aliphatic rings. The lowest BCUT2D eigenvalue weighted by Gasteiger charge is -2.05. The van der Waals surface area contributed by atoms with E-state index in [2.05, 4.69) is 38.5 Å². The Kier molecular flexibility index (Phi) is 5.08. The summed E-state index contributed by atoms with van der Waals surface area (Å²) in [6.07, 6.45) is 0.869. The Balaban J connectivity index is 1.78. The molecule has 0 bridgehead atoms. The van der Waals surface area contributed by atoms with Gasteiger partial charge in [-0.3, -0.25) is 10.9 Å². The molecule has 0 amide bonds. The Labute approximate surface area is 135 Å². The van der Waals surface area contributed by atoms with Crippen molar-refractivity contribution in [2.75, 3.05) is 5.43 Å². The van der Waals surface area contributed by atoms with Gasteiger partial charge in [-0.1, -0.05) is 48.5 Å². The molecule has 118 valence electrons. The zero-order chi connectivity index (χ0) is 15.9. The van der Waals surface area contributed by atoms with E-state index in [1.807, 2.05) is 60.7 Å². The highest BCUT2D eigenvalue weighted by Gasteiger charge is 2.19. The lowest BCUT2D eigenvalue weighted by molar-refractivity contribution is 0.546. The van der Waals surface area contributed by atoms with Crippen LogP contribution in [0.5, 0.6) is 0 Å². The van der Waals surface area contributed by atoms with Crippen molar-refractivity contribution in [2.45, 2.75) is 25.6 Å². The third-order valence-corrected chi connectivity index (χ3v) is 3.46. The number of anilines is 1. The number of nitrogens with zero attached hydrogens (tertiary/aromatic N) is 3. The molecule has 2 aromatic rings. The molecule has 2 aromatic carbocycles. The van der Waals surface area contributed by atoms with Crippen molar-refractivity contribution < 1.29 is 0 Å². The van der Waals surface area contributed by atoms with Crippen LogP contribution in [0.1, 0.15) is 18.9 Å². The maximum atomic E-state index is 4.40. The zero-order valence-corrected chi connectivity index (χ0v) is 13.0. The van der Waals surface area contributed by atoms with Gasteiger partial charge in [-0.25, -0.2) is 5.43 Å². The summed E-state index contributed by atoms with van der Waals surface area (Å²) in [7, 11) is 0. The van der Waals surface area contributed by atoms with Crippen LogP contribution in [0.4, 0.5) is 5.69 Å².